The number of hydrogen-bond donors (Lipinski definition) is 2. The molecule has 1 fully saturated rings. The zero-order chi connectivity index (χ0) is 19.5. The van der Waals surface area contributed by atoms with Gasteiger partial charge in [0.2, 0.25) is 0 Å². The topological polar surface area (TPSA) is 82.3 Å². The van der Waals surface area contributed by atoms with Crippen molar-refractivity contribution in [2.45, 2.75) is 44.8 Å². The third-order valence-corrected chi connectivity index (χ3v) is 6.42. The van der Waals surface area contributed by atoms with Crippen LogP contribution >= 0.6 is 22.9 Å². The molecule has 2 heterocycles. The number of ether oxygens (including phenoxy) is 2. The first kappa shape index (κ1) is 19.1. The molecular formula is C20H23ClN4O2S. The summed E-state index contributed by atoms with van der Waals surface area (Å²) in [6.45, 7) is 0.340. The SMILES string of the molecule is COc1cc(OCc2ccnc(N)c2)c(Cl)c2sc(NC3CCCCC3)nc12. The van der Waals surface area contributed by atoms with Crippen molar-refractivity contribution < 1.29 is 9.47 Å². The van der Waals surface area contributed by atoms with E-state index in [2.05, 4.69) is 10.3 Å². The van der Waals surface area contributed by atoms with Crippen LogP contribution in [0.2, 0.25) is 5.02 Å². The Balaban J connectivity index is 1.59. The quantitative estimate of drug-likeness (QED) is 0.568. The Morgan fingerprint density at radius 1 is 1.25 bits per heavy atom. The Labute approximate surface area is 173 Å². The highest BCUT2D eigenvalue weighted by Gasteiger charge is 2.20. The number of nitrogens with two attached hydrogens (primary N) is 1. The molecule has 1 saturated carbocycles. The maximum absolute atomic E-state index is 6.65. The van der Waals surface area contributed by atoms with Crippen LogP contribution in [0.5, 0.6) is 11.5 Å². The van der Waals surface area contributed by atoms with Gasteiger partial charge in [-0.15, -0.1) is 0 Å². The highest BCUT2D eigenvalue weighted by molar-refractivity contribution is 7.22. The predicted molar refractivity (Wildman–Crippen MR) is 115 cm³/mol. The molecule has 4 rings (SSSR count). The molecule has 8 heteroatoms. The molecule has 6 nitrogen and oxygen atoms in total. The molecule has 2 aromatic heterocycles. The molecular weight excluding hydrogens is 396 g/mol. The summed E-state index contributed by atoms with van der Waals surface area (Å²) in [5.74, 6) is 1.67. The summed E-state index contributed by atoms with van der Waals surface area (Å²) < 4.78 is 12.4. The van der Waals surface area contributed by atoms with Crippen LogP contribution in [0, 0.1) is 0 Å². The number of hydrogen-bond acceptors (Lipinski definition) is 7. The van der Waals surface area contributed by atoms with Gasteiger partial charge in [-0.05, 0) is 30.5 Å². The number of aromatic nitrogens is 2. The van der Waals surface area contributed by atoms with Crippen LogP contribution < -0.4 is 20.5 Å². The van der Waals surface area contributed by atoms with Crippen LogP contribution in [0.4, 0.5) is 10.9 Å². The first-order chi connectivity index (χ1) is 13.6. The number of fused-ring (bicyclic) bond motifs is 1. The van der Waals surface area contributed by atoms with Crippen LogP contribution in [-0.4, -0.2) is 23.1 Å². The Bertz CT molecular complexity index is 972. The second-order valence-corrected chi connectivity index (χ2v) is 8.32. The van der Waals surface area contributed by atoms with Crippen LogP contribution in [0.15, 0.2) is 24.4 Å². The molecule has 0 amide bonds. The van der Waals surface area contributed by atoms with Gasteiger partial charge in [0.1, 0.15) is 34.5 Å². The Kier molecular flexibility index (Phi) is 5.73. The molecule has 1 aliphatic rings. The molecule has 0 spiro atoms. The fourth-order valence-corrected chi connectivity index (χ4v) is 4.79. The van der Waals surface area contributed by atoms with Gasteiger partial charge in [0, 0.05) is 18.3 Å². The van der Waals surface area contributed by atoms with Crippen molar-refractivity contribution in [2.75, 3.05) is 18.2 Å². The number of nitrogens with zero attached hydrogens (tertiary/aromatic N) is 2. The van der Waals surface area contributed by atoms with E-state index in [-0.39, 0.29) is 0 Å². The number of benzene rings is 1. The zero-order valence-electron chi connectivity index (χ0n) is 15.7. The van der Waals surface area contributed by atoms with Gasteiger partial charge >= 0.3 is 0 Å². The lowest BCUT2D eigenvalue weighted by Crippen LogP contribution is -2.21. The van der Waals surface area contributed by atoms with Gasteiger partial charge in [-0.1, -0.05) is 42.2 Å². The molecule has 1 aromatic carbocycles. The number of nitrogens with one attached hydrogen (secondary N) is 1. The molecule has 0 unspecified atom stereocenters. The maximum atomic E-state index is 6.65. The molecule has 0 bridgehead atoms. The van der Waals surface area contributed by atoms with Gasteiger partial charge in [-0.2, -0.15) is 0 Å². The molecule has 3 aromatic rings. The van der Waals surface area contributed by atoms with Crippen molar-refractivity contribution in [2.24, 2.45) is 0 Å². The third kappa shape index (κ3) is 4.10. The largest absolute Gasteiger partial charge is 0.494 e. The summed E-state index contributed by atoms with van der Waals surface area (Å²) in [7, 11) is 1.63. The minimum atomic E-state index is 0.340. The van der Waals surface area contributed by atoms with Crippen molar-refractivity contribution in [1.82, 2.24) is 9.97 Å². The van der Waals surface area contributed by atoms with Crippen molar-refractivity contribution in [1.29, 1.82) is 0 Å². The summed E-state index contributed by atoms with van der Waals surface area (Å²) in [5.41, 5.74) is 7.41. The normalized spacial score (nSPS) is 14.9. The molecule has 0 aliphatic heterocycles. The van der Waals surface area contributed by atoms with Crippen molar-refractivity contribution in [3.05, 3.63) is 35.0 Å². The minimum Gasteiger partial charge on any atom is -0.494 e. The van der Waals surface area contributed by atoms with Gasteiger partial charge in [0.15, 0.2) is 5.13 Å². The predicted octanol–water partition coefficient (Wildman–Crippen LogP) is 5.26. The van der Waals surface area contributed by atoms with Crippen molar-refractivity contribution >= 4 is 44.1 Å². The lowest BCUT2D eigenvalue weighted by molar-refractivity contribution is 0.304. The van der Waals surface area contributed by atoms with E-state index in [1.165, 1.54) is 32.1 Å². The number of anilines is 2. The van der Waals surface area contributed by atoms with E-state index < -0.39 is 0 Å². The minimum absolute atomic E-state index is 0.340. The number of methoxy groups -OCH3 is 1. The number of rotatable bonds is 6. The van der Waals surface area contributed by atoms with Crippen LogP contribution in [0.1, 0.15) is 37.7 Å². The molecule has 1 aliphatic carbocycles. The molecule has 0 saturated heterocycles. The summed E-state index contributed by atoms with van der Waals surface area (Å²) >= 11 is 8.19. The highest BCUT2D eigenvalue weighted by Crippen LogP contribution is 2.43. The fourth-order valence-electron chi connectivity index (χ4n) is 3.49. The molecule has 148 valence electrons. The molecule has 0 atom stereocenters. The average Bonchev–Trinajstić information content (AvgIpc) is 3.12. The molecule has 0 radical (unpaired) electrons. The first-order valence-electron chi connectivity index (χ1n) is 9.41. The molecule has 3 N–H and O–H groups in total. The number of pyridine rings is 1. The summed E-state index contributed by atoms with van der Waals surface area (Å²) in [6.07, 6.45) is 7.88. The fraction of sp³-hybridized carbons (Fsp3) is 0.400. The summed E-state index contributed by atoms with van der Waals surface area (Å²) in [6, 6.07) is 5.91. The Morgan fingerprint density at radius 2 is 2.07 bits per heavy atom. The van der Waals surface area contributed by atoms with E-state index in [9.17, 15) is 0 Å². The van der Waals surface area contributed by atoms with Gasteiger partial charge in [0.05, 0.1) is 11.8 Å². The summed E-state index contributed by atoms with van der Waals surface area (Å²) in [5, 5.41) is 4.99. The lowest BCUT2D eigenvalue weighted by Gasteiger charge is -2.22. The Morgan fingerprint density at radius 3 is 2.82 bits per heavy atom. The highest BCUT2D eigenvalue weighted by atomic mass is 35.5. The smallest absolute Gasteiger partial charge is 0.184 e. The van der Waals surface area contributed by atoms with Crippen LogP contribution in [0.3, 0.4) is 0 Å². The van der Waals surface area contributed by atoms with Crippen molar-refractivity contribution in [3.8, 4) is 11.5 Å². The van der Waals surface area contributed by atoms with Gasteiger partial charge in [-0.3, -0.25) is 0 Å². The van der Waals surface area contributed by atoms with Crippen LogP contribution in [0.25, 0.3) is 10.2 Å². The van der Waals surface area contributed by atoms with E-state index in [0.717, 1.165) is 20.9 Å². The maximum Gasteiger partial charge on any atom is 0.184 e. The second kappa shape index (κ2) is 8.41. The monoisotopic (exact) mass is 418 g/mol. The standard InChI is InChI=1S/C20H23ClN4O2S/c1-26-15-10-14(27-11-12-7-8-23-16(22)9-12)17(21)19-18(15)25-20(28-19)24-13-5-3-2-4-6-13/h7-10,13H,2-6,11H2,1H3,(H2,22,23)(H,24,25). The van der Waals surface area contributed by atoms with Crippen LogP contribution in [-0.2, 0) is 6.61 Å². The first-order valence-corrected chi connectivity index (χ1v) is 10.6. The van der Waals surface area contributed by atoms with E-state index in [0.29, 0.717) is 35.0 Å². The van der Waals surface area contributed by atoms with E-state index in [4.69, 9.17) is 31.8 Å². The Hall–Kier alpha value is -2.25. The van der Waals surface area contributed by atoms with E-state index >= 15 is 0 Å². The van der Waals surface area contributed by atoms with Gasteiger partial charge in [-0.25, -0.2) is 9.97 Å². The second-order valence-electron chi connectivity index (χ2n) is 6.94. The number of halogens is 1. The summed E-state index contributed by atoms with van der Waals surface area (Å²) in [4.78, 5) is 8.72. The van der Waals surface area contributed by atoms with Gasteiger partial charge in [0.25, 0.3) is 0 Å². The van der Waals surface area contributed by atoms with E-state index in [1.54, 1.807) is 36.8 Å². The van der Waals surface area contributed by atoms with Crippen molar-refractivity contribution in [3.63, 3.8) is 0 Å². The number of thiazole rings is 1. The molecule has 28 heavy (non-hydrogen) atoms. The zero-order valence-corrected chi connectivity index (χ0v) is 17.3. The lowest BCUT2D eigenvalue weighted by atomic mass is 9.96. The van der Waals surface area contributed by atoms with E-state index in [1.807, 2.05) is 6.07 Å². The third-order valence-electron chi connectivity index (χ3n) is 4.93. The number of nitrogen functional groups attached to an aromatic ring is 1. The van der Waals surface area contributed by atoms with Gasteiger partial charge < -0.3 is 20.5 Å². The average molecular weight is 419 g/mol.